The lowest BCUT2D eigenvalue weighted by atomic mass is 10.1. The molecule has 0 bridgehead atoms. The zero-order chi connectivity index (χ0) is 9.56. The molecule has 0 heterocycles. The lowest BCUT2D eigenvalue weighted by Gasteiger charge is -2.14. The van der Waals surface area contributed by atoms with Crippen LogP contribution in [0.3, 0.4) is 0 Å². The fourth-order valence-electron chi connectivity index (χ4n) is 0.767. The summed E-state index contributed by atoms with van der Waals surface area (Å²) in [6.07, 6.45) is 3.26. The Morgan fingerprint density at radius 2 is 2.33 bits per heavy atom. The molecule has 2 N–H and O–H groups in total. The van der Waals surface area contributed by atoms with E-state index >= 15 is 0 Å². The van der Waals surface area contributed by atoms with Gasteiger partial charge in [0.05, 0.1) is 0 Å². The highest BCUT2D eigenvalue weighted by atomic mass is 127. The molecule has 0 aliphatic heterocycles. The van der Waals surface area contributed by atoms with Gasteiger partial charge in [-0.05, 0) is 6.92 Å². The number of hydrogen-bond acceptors (Lipinski definition) is 2. The molecule has 0 aromatic rings. The second kappa shape index (κ2) is 6.28. The maximum absolute atomic E-state index is 10.3. The molecule has 0 rings (SSSR count). The molecule has 0 aliphatic carbocycles. The number of allylic oxidation sites excluding steroid dienone is 1. The number of ether oxygens (including phenoxy) is 1. The summed E-state index contributed by atoms with van der Waals surface area (Å²) in [7, 11) is 0. The van der Waals surface area contributed by atoms with Gasteiger partial charge >= 0.3 is 6.09 Å². The van der Waals surface area contributed by atoms with Crippen molar-refractivity contribution < 1.29 is 9.53 Å². The van der Waals surface area contributed by atoms with E-state index in [9.17, 15) is 4.79 Å². The van der Waals surface area contributed by atoms with E-state index in [1.807, 2.05) is 19.1 Å². The van der Waals surface area contributed by atoms with Crippen molar-refractivity contribution in [1.29, 1.82) is 0 Å². The zero-order valence-electron chi connectivity index (χ0n) is 7.29. The molecule has 0 fully saturated rings. The van der Waals surface area contributed by atoms with Crippen molar-refractivity contribution in [3.05, 3.63) is 12.2 Å². The van der Waals surface area contributed by atoms with E-state index in [-0.39, 0.29) is 5.92 Å². The maximum atomic E-state index is 10.3. The number of carbonyl (C=O) groups is 1. The van der Waals surface area contributed by atoms with Crippen molar-refractivity contribution in [2.45, 2.75) is 17.8 Å². The third-order valence-corrected chi connectivity index (χ3v) is 2.37. The van der Waals surface area contributed by atoms with Crippen LogP contribution < -0.4 is 5.73 Å². The molecular weight excluding hydrogens is 269 g/mol. The average Bonchev–Trinajstić information content (AvgIpc) is 1.96. The van der Waals surface area contributed by atoms with Gasteiger partial charge < -0.3 is 10.5 Å². The van der Waals surface area contributed by atoms with Gasteiger partial charge in [0.1, 0.15) is 6.61 Å². The smallest absolute Gasteiger partial charge is 0.404 e. The van der Waals surface area contributed by atoms with Crippen LogP contribution in [-0.2, 0) is 4.74 Å². The van der Waals surface area contributed by atoms with Crippen LogP contribution in [-0.4, -0.2) is 16.6 Å². The van der Waals surface area contributed by atoms with Crippen molar-refractivity contribution in [3.8, 4) is 0 Å². The normalized spacial score (nSPS) is 15.9. The molecule has 0 aromatic carbocycles. The SMILES string of the molecule is CC=CC(COC(N)=O)C(C)I. The Morgan fingerprint density at radius 3 is 2.67 bits per heavy atom. The third-order valence-electron chi connectivity index (χ3n) is 1.45. The first-order valence-corrected chi connectivity index (χ1v) is 5.01. The minimum Gasteiger partial charge on any atom is -0.449 e. The number of primary amides is 1. The molecule has 0 spiro atoms. The van der Waals surface area contributed by atoms with Gasteiger partial charge in [-0.25, -0.2) is 4.79 Å². The molecule has 1 amide bonds. The van der Waals surface area contributed by atoms with E-state index in [0.717, 1.165) is 0 Å². The number of nitrogens with two attached hydrogens (primary N) is 1. The van der Waals surface area contributed by atoms with Crippen LogP contribution in [0, 0.1) is 5.92 Å². The van der Waals surface area contributed by atoms with Crippen molar-refractivity contribution in [2.75, 3.05) is 6.61 Å². The Labute approximate surface area is 86.5 Å². The summed E-state index contributed by atoms with van der Waals surface area (Å²) in [6, 6.07) is 0. The van der Waals surface area contributed by atoms with Crippen LogP contribution >= 0.6 is 22.6 Å². The van der Waals surface area contributed by atoms with Crippen LogP contribution in [0.2, 0.25) is 0 Å². The first kappa shape index (κ1) is 11.7. The summed E-state index contributed by atoms with van der Waals surface area (Å²) in [6.45, 7) is 4.37. The van der Waals surface area contributed by atoms with Crippen LogP contribution in [0.1, 0.15) is 13.8 Å². The number of alkyl halides is 1. The predicted octanol–water partition coefficient (Wildman–Crippen LogP) is 2.10. The van der Waals surface area contributed by atoms with Crippen LogP contribution in [0.4, 0.5) is 4.79 Å². The van der Waals surface area contributed by atoms with Gasteiger partial charge in [-0.3, -0.25) is 0 Å². The molecular formula is C8H14INO2. The van der Waals surface area contributed by atoms with E-state index < -0.39 is 6.09 Å². The Hall–Kier alpha value is -0.260. The number of amides is 1. The highest BCUT2D eigenvalue weighted by molar-refractivity contribution is 14.1. The molecule has 0 saturated carbocycles. The molecule has 2 unspecified atom stereocenters. The highest BCUT2D eigenvalue weighted by Crippen LogP contribution is 2.14. The fraction of sp³-hybridized carbons (Fsp3) is 0.625. The van der Waals surface area contributed by atoms with Gasteiger partial charge in [-0.1, -0.05) is 41.7 Å². The predicted molar refractivity (Wildman–Crippen MR) is 57.3 cm³/mol. The Morgan fingerprint density at radius 1 is 1.75 bits per heavy atom. The van der Waals surface area contributed by atoms with Gasteiger partial charge in [0.25, 0.3) is 0 Å². The van der Waals surface area contributed by atoms with Crippen LogP contribution in [0.5, 0.6) is 0 Å². The van der Waals surface area contributed by atoms with Crippen molar-refractivity contribution >= 4 is 28.7 Å². The zero-order valence-corrected chi connectivity index (χ0v) is 9.45. The van der Waals surface area contributed by atoms with E-state index in [2.05, 4.69) is 29.5 Å². The number of halogens is 1. The van der Waals surface area contributed by atoms with Crippen LogP contribution in [0.25, 0.3) is 0 Å². The summed E-state index contributed by atoms with van der Waals surface area (Å²) in [4.78, 5) is 10.3. The molecule has 0 aliphatic rings. The lowest BCUT2D eigenvalue weighted by Crippen LogP contribution is -2.21. The summed E-state index contributed by atoms with van der Waals surface area (Å²) in [5.74, 6) is 0.253. The summed E-state index contributed by atoms with van der Waals surface area (Å²) < 4.78 is 5.13. The quantitative estimate of drug-likeness (QED) is 0.488. The number of carbonyl (C=O) groups excluding carboxylic acids is 1. The van der Waals surface area contributed by atoms with E-state index in [0.29, 0.717) is 10.5 Å². The van der Waals surface area contributed by atoms with Crippen molar-refractivity contribution in [1.82, 2.24) is 0 Å². The van der Waals surface area contributed by atoms with E-state index in [1.54, 1.807) is 0 Å². The Bertz CT molecular complexity index is 168. The van der Waals surface area contributed by atoms with Crippen molar-refractivity contribution in [2.24, 2.45) is 11.7 Å². The molecule has 70 valence electrons. The van der Waals surface area contributed by atoms with Gasteiger partial charge in [-0.2, -0.15) is 0 Å². The Balaban J connectivity index is 3.87. The molecule has 2 atom stereocenters. The minimum atomic E-state index is -0.707. The highest BCUT2D eigenvalue weighted by Gasteiger charge is 2.12. The molecule has 0 aromatic heterocycles. The lowest BCUT2D eigenvalue weighted by molar-refractivity contribution is 0.145. The van der Waals surface area contributed by atoms with Gasteiger partial charge in [0.2, 0.25) is 0 Å². The van der Waals surface area contributed by atoms with Gasteiger partial charge in [-0.15, -0.1) is 0 Å². The van der Waals surface area contributed by atoms with Gasteiger partial charge in [0.15, 0.2) is 0 Å². The monoisotopic (exact) mass is 283 g/mol. The topological polar surface area (TPSA) is 52.3 Å². The third kappa shape index (κ3) is 5.40. The number of hydrogen-bond donors (Lipinski definition) is 1. The minimum absolute atomic E-state index is 0.253. The number of rotatable bonds is 4. The Kier molecular flexibility index (Phi) is 6.14. The summed E-state index contributed by atoms with van der Waals surface area (Å²) >= 11 is 2.29. The first-order valence-electron chi connectivity index (χ1n) is 3.77. The second-order valence-electron chi connectivity index (χ2n) is 2.50. The average molecular weight is 283 g/mol. The first-order chi connectivity index (χ1) is 5.57. The fourth-order valence-corrected chi connectivity index (χ4v) is 1.21. The van der Waals surface area contributed by atoms with Crippen molar-refractivity contribution in [3.63, 3.8) is 0 Å². The van der Waals surface area contributed by atoms with Crippen LogP contribution in [0.15, 0.2) is 12.2 Å². The largest absolute Gasteiger partial charge is 0.449 e. The summed E-state index contributed by atoms with van der Waals surface area (Å²) in [5, 5.41) is 0. The second-order valence-corrected chi connectivity index (χ2v) is 4.46. The van der Waals surface area contributed by atoms with Gasteiger partial charge in [0, 0.05) is 9.84 Å². The maximum Gasteiger partial charge on any atom is 0.404 e. The molecule has 12 heavy (non-hydrogen) atoms. The van der Waals surface area contributed by atoms with E-state index in [4.69, 9.17) is 10.5 Å². The molecule has 0 radical (unpaired) electrons. The van der Waals surface area contributed by atoms with E-state index in [1.165, 1.54) is 0 Å². The molecule has 4 heteroatoms. The molecule has 3 nitrogen and oxygen atoms in total. The summed E-state index contributed by atoms with van der Waals surface area (Å²) in [5.41, 5.74) is 4.85. The standard InChI is InChI=1S/C8H14INO2/c1-3-4-7(6(2)9)5-12-8(10)11/h3-4,6-7H,5H2,1-2H3,(H2,10,11). The molecule has 0 saturated heterocycles.